The second kappa shape index (κ2) is 6.86. The number of hydrogen-bond acceptors (Lipinski definition) is 3. The molecule has 0 heterocycles. The lowest BCUT2D eigenvalue weighted by Crippen LogP contribution is -2.42. The Morgan fingerprint density at radius 1 is 1.56 bits per heavy atom. The van der Waals surface area contributed by atoms with Gasteiger partial charge in [-0.25, -0.2) is 0 Å². The first-order chi connectivity index (χ1) is 7.69. The van der Waals surface area contributed by atoms with Crippen LogP contribution in [0.2, 0.25) is 0 Å². The molecule has 1 aliphatic carbocycles. The molecule has 0 radical (unpaired) electrons. The van der Waals surface area contributed by atoms with E-state index in [9.17, 15) is 4.79 Å². The van der Waals surface area contributed by atoms with Crippen LogP contribution in [0.3, 0.4) is 0 Å². The van der Waals surface area contributed by atoms with Crippen molar-refractivity contribution >= 4 is 5.91 Å². The van der Waals surface area contributed by atoms with E-state index in [1.807, 2.05) is 11.8 Å². The van der Waals surface area contributed by atoms with Gasteiger partial charge < -0.3 is 15.0 Å². The molecule has 1 aliphatic rings. The summed E-state index contributed by atoms with van der Waals surface area (Å²) in [4.78, 5) is 13.8. The van der Waals surface area contributed by atoms with Crippen LogP contribution in [0, 0.1) is 0 Å². The highest BCUT2D eigenvalue weighted by Gasteiger charge is 2.30. The molecular formula is C12H24N2O2. The number of likely N-dealkylation sites (N-methyl/N-ethyl adjacent to an activating group) is 1. The summed E-state index contributed by atoms with van der Waals surface area (Å²) in [5.74, 6) is 0.231. The van der Waals surface area contributed by atoms with E-state index in [1.54, 1.807) is 7.11 Å². The number of methoxy groups -OCH3 is 1. The standard InChI is InChI=1S/C12H24N2O2/c1-4-14(11-5-6-11)12(15)9-13-10(2)7-8-16-3/h10-11,13H,4-9H2,1-3H3. The lowest BCUT2D eigenvalue weighted by Gasteiger charge is -2.22. The summed E-state index contributed by atoms with van der Waals surface area (Å²) < 4.78 is 5.00. The van der Waals surface area contributed by atoms with E-state index in [4.69, 9.17) is 4.74 Å². The average molecular weight is 228 g/mol. The minimum absolute atomic E-state index is 0.231. The Balaban J connectivity index is 2.17. The SMILES string of the molecule is CCN(C(=O)CNC(C)CCOC)C1CC1. The molecule has 1 amide bonds. The van der Waals surface area contributed by atoms with E-state index in [2.05, 4.69) is 12.2 Å². The number of carbonyl (C=O) groups excluding carboxylic acids is 1. The quantitative estimate of drug-likeness (QED) is 0.674. The summed E-state index contributed by atoms with van der Waals surface area (Å²) in [7, 11) is 1.70. The molecule has 0 aromatic heterocycles. The maximum absolute atomic E-state index is 11.9. The molecule has 0 aromatic carbocycles. The van der Waals surface area contributed by atoms with Crippen molar-refractivity contribution in [2.75, 3.05) is 26.8 Å². The van der Waals surface area contributed by atoms with Crippen molar-refractivity contribution in [1.29, 1.82) is 0 Å². The molecule has 1 unspecified atom stereocenters. The van der Waals surface area contributed by atoms with Crippen molar-refractivity contribution < 1.29 is 9.53 Å². The van der Waals surface area contributed by atoms with E-state index in [1.165, 1.54) is 12.8 Å². The summed E-state index contributed by atoms with van der Waals surface area (Å²) >= 11 is 0. The fraction of sp³-hybridized carbons (Fsp3) is 0.917. The zero-order valence-corrected chi connectivity index (χ0v) is 10.7. The molecule has 1 fully saturated rings. The van der Waals surface area contributed by atoms with Gasteiger partial charge in [0.05, 0.1) is 6.54 Å². The van der Waals surface area contributed by atoms with Crippen molar-refractivity contribution in [2.45, 2.75) is 45.2 Å². The van der Waals surface area contributed by atoms with Gasteiger partial charge in [0.2, 0.25) is 5.91 Å². The number of amides is 1. The maximum atomic E-state index is 11.9. The van der Waals surface area contributed by atoms with Crippen LogP contribution in [0.15, 0.2) is 0 Å². The van der Waals surface area contributed by atoms with Gasteiger partial charge in [-0.2, -0.15) is 0 Å². The van der Waals surface area contributed by atoms with Gasteiger partial charge in [0, 0.05) is 32.3 Å². The molecule has 0 bridgehead atoms. The molecule has 4 heteroatoms. The third-order valence-electron chi connectivity index (χ3n) is 3.01. The van der Waals surface area contributed by atoms with Crippen LogP contribution >= 0.6 is 0 Å². The number of hydrogen-bond donors (Lipinski definition) is 1. The fourth-order valence-corrected chi connectivity index (χ4v) is 1.78. The van der Waals surface area contributed by atoms with Crippen LogP contribution in [0.25, 0.3) is 0 Å². The molecule has 1 N–H and O–H groups in total. The van der Waals surface area contributed by atoms with Crippen LogP contribution in [-0.2, 0) is 9.53 Å². The third-order valence-corrected chi connectivity index (χ3v) is 3.01. The first-order valence-corrected chi connectivity index (χ1v) is 6.20. The van der Waals surface area contributed by atoms with E-state index >= 15 is 0 Å². The van der Waals surface area contributed by atoms with Crippen molar-refractivity contribution in [3.05, 3.63) is 0 Å². The van der Waals surface area contributed by atoms with E-state index in [0.717, 1.165) is 19.6 Å². The van der Waals surface area contributed by atoms with Crippen LogP contribution in [-0.4, -0.2) is 49.7 Å². The van der Waals surface area contributed by atoms with Gasteiger partial charge in [-0.1, -0.05) is 0 Å². The van der Waals surface area contributed by atoms with Crippen molar-refractivity contribution in [3.63, 3.8) is 0 Å². The van der Waals surface area contributed by atoms with Gasteiger partial charge >= 0.3 is 0 Å². The Labute approximate surface area is 98.3 Å². The molecule has 1 rings (SSSR count). The second-order valence-electron chi connectivity index (χ2n) is 4.47. The predicted molar refractivity (Wildman–Crippen MR) is 64.4 cm³/mol. The third kappa shape index (κ3) is 4.49. The highest BCUT2D eigenvalue weighted by atomic mass is 16.5. The second-order valence-corrected chi connectivity index (χ2v) is 4.47. The lowest BCUT2D eigenvalue weighted by molar-refractivity contribution is -0.130. The van der Waals surface area contributed by atoms with Crippen LogP contribution in [0.5, 0.6) is 0 Å². The van der Waals surface area contributed by atoms with Crippen LogP contribution in [0.1, 0.15) is 33.1 Å². The molecule has 4 nitrogen and oxygen atoms in total. The number of carbonyl (C=O) groups is 1. The van der Waals surface area contributed by atoms with Gasteiger partial charge in [0.15, 0.2) is 0 Å². The Morgan fingerprint density at radius 3 is 2.75 bits per heavy atom. The zero-order valence-electron chi connectivity index (χ0n) is 10.7. The van der Waals surface area contributed by atoms with Crippen molar-refractivity contribution in [1.82, 2.24) is 10.2 Å². The Hall–Kier alpha value is -0.610. The number of ether oxygens (including phenoxy) is 1. The highest BCUT2D eigenvalue weighted by Crippen LogP contribution is 2.26. The molecule has 1 saturated carbocycles. The number of nitrogens with zero attached hydrogens (tertiary/aromatic N) is 1. The van der Waals surface area contributed by atoms with Gasteiger partial charge in [-0.05, 0) is 33.1 Å². The number of rotatable bonds is 8. The largest absolute Gasteiger partial charge is 0.385 e. The molecule has 16 heavy (non-hydrogen) atoms. The summed E-state index contributed by atoms with van der Waals surface area (Å²) in [5, 5.41) is 3.24. The number of nitrogens with one attached hydrogen (secondary N) is 1. The normalized spacial score (nSPS) is 17.2. The Morgan fingerprint density at radius 2 is 2.25 bits per heavy atom. The smallest absolute Gasteiger partial charge is 0.236 e. The summed E-state index contributed by atoms with van der Waals surface area (Å²) in [5.41, 5.74) is 0. The zero-order chi connectivity index (χ0) is 12.0. The van der Waals surface area contributed by atoms with Gasteiger partial charge in [0.25, 0.3) is 0 Å². The van der Waals surface area contributed by atoms with Gasteiger partial charge in [-0.15, -0.1) is 0 Å². The summed E-state index contributed by atoms with van der Waals surface area (Å²) in [6.45, 7) is 6.15. The molecule has 0 aromatic rings. The highest BCUT2D eigenvalue weighted by molar-refractivity contribution is 5.78. The summed E-state index contributed by atoms with van der Waals surface area (Å²) in [6, 6.07) is 0.857. The van der Waals surface area contributed by atoms with Gasteiger partial charge in [0.1, 0.15) is 0 Å². The van der Waals surface area contributed by atoms with E-state index in [0.29, 0.717) is 18.6 Å². The Kier molecular flexibility index (Phi) is 5.77. The predicted octanol–water partition coefficient (Wildman–Crippen LogP) is 1.01. The summed E-state index contributed by atoms with van der Waals surface area (Å²) in [6.07, 6.45) is 3.30. The Bertz CT molecular complexity index is 217. The average Bonchev–Trinajstić information content (AvgIpc) is 3.08. The maximum Gasteiger partial charge on any atom is 0.236 e. The molecular weight excluding hydrogens is 204 g/mol. The lowest BCUT2D eigenvalue weighted by atomic mass is 10.2. The molecule has 0 saturated heterocycles. The molecule has 0 spiro atoms. The first kappa shape index (κ1) is 13.5. The van der Waals surface area contributed by atoms with E-state index < -0.39 is 0 Å². The minimum Gasteiger partial charge on any atom is -0.385 e. The molecule has 1 atom stereocenters. The van der Waals surface area contributed by atoms with Crippen LogP contribution in [0.4, 0.5) is 0 Å². The first-order valence-electron chi connectivity index (χ1n) is 6.20. The molecule has 94 valence electrons. The fourth-order valence-electron chi connectivity index (χ4n) is 1.78. The molecule has 0 aliphatic heterocycles. The van der Waals surface area contributed by atoms with Crippen molar-refractivity contribution in [3.8, 4) is 0 Å². The minimum atomic E-state index is 0.231. The monoisotopic (exact) mass is 228 g/mol. The van der Waals surface area contributed by atoms with E-state index in [-0.39, 0.29) is 5.91 Å². The van der Waals surface area contributed by atoms with Gasteiger partial charge in [-0.3, -0.25) is 4.79 Å². The van der Waals surface area contributed by atoms with Crippen LogP contribution < -0.4 is 5.32 Å². The van der Waals surface area contributed by atoms with Crippen molar-refractivity contribution in [2.24, 2.45) is 0 Å². The topological polar surface area (TPSA) is 41.6 Å².